The number of hydrogen-bond acceptors (Lipinski definition) is 6. The monoisotopic (exact) mass is 520 g/mol. The van der Waals surface area contributed by atoms with Gasteiger partial charge in [0.05, 0.1) is 25.4 Å². The van der Waals surface area contributed by atoms with Gasteiger partial charge in [0.2, 0.25) is 5.91 Å². The number of carbonyl (C=O) groups is 2. The SMILES string of the molecule is COc1cc([C@@H]2[C@H]3C(=O)N(Cc4ccccc4)C(=O)[C@@H]3ON2c2ccccc2)ccc1OCc1ccccc1. The number of likely N-dealkylation sites (tertiary alicyclic amines) is 1. The lowest BCUT2D eigenvalue weighted by atomic mass is 9.90. The molecule has 2 aliphatic rings. The Kier molecular flexibility index (Phi) is 6.73. The zero-order valence-corrected chi connectivity index (χ0v) is 21.5. The van der Waals surface area contributed by atoms with Crippen molar-refractivity contribution in [3.05, 3.63) is 126 Å². The van der Waals surface area contributed by atoms with Gasteiger partial charge in [-0.2, -0.15) is 0 Å². The minimum absolute atomic E-state index is 0.211. The zero-order valence-electron chi connectivity index (χ0n) is 21.5. The molecule has 0 N–H and O–H groups in total. The first-order chi connectivity index (χ1) is 19.1. The van der Waals surface area contributed by atoms with Gasteiger partial charge in [-0.15, -0.1) is 0 Å². The number of ether oxygens (including phenoxy) is 2. The Morgan fingerprint density at radius 1 is 0.744 bits per heavy atom. The maximum atomic E-state index is 13.8. The topological polar surface area (TPSA) is 68.3 Å². The van der Waals surface area contributed by atoms with Gasteiger partial charge in [0, 0.05) is 0 Å². The molecule has 7 heteroatoms. The van der Waals surface area contributed by atoms with Crippen molar-refractivity contribution >= 4 is 17.5 Å². The number of fused-ring (bicyclic) bond motifs is 1. The third-order valence-corrected chi connectivity index (χ3v) is 7.17. The molecule has 39 heavy (non-hydrogen) atoms. The Balaban J connectivity index is 1.33. The third-order valence-electron chi connectivity index (χ3n) is 7.17. The van der Waals surface area contributed by atoms with E-state index in [0.29, 0.717) is 18.1 Å². The van der Waals surface area contributed by atoms with E-state index in [1.807, 2.05) is 109 Å². The molecule has 0 spiro atoms. The molecule has 196 valence electrons. The molecule has 4 aromatic carbocycles. The average Bonchev–Trinajstić information content (AvgIpc) is 3.49. The maximum absolute atomic E-state index is 13.8. The van der Waals surface area contributed by atoms with Gasteiger partial charge in [0.1, 0.15) is 12.5 Å². The first-order valence-electron chi connectivity index (χ1n) is 12.9. The summed E-state index contributed by atoms with van der Waals surface area (Å²) in [4.78, 5) is 34.8. The van der Waals surface area contributed by atoms with E-state index in [-0.39, 0.29) is 18.4 Å². The second-order valence-electron chi connectivity index (χ2n) is 9.59. The maximum Gasteiger partial charge on any atom is 0.262 e. The van der Waals surface area contributed by atoms with Crippen LogP contribution < -0.4 is 14.5 Å². The largest absolute Gasteiger partial charge is 0.493 e. The summed E-state index contributed by atoms with van der Waals surface area (Å²) in [6.07, 6.45) is -0.911. The van der Waals surface area contributed by atoms with E-state index >= 15 is 0 Å². The van der Waals surface area contributed by atoms with Gasteiger partial charge in [-0.05, 0) is 41.0 Å². The van der Waals surface area contributed by atoms with Gasteiger partial charge >= 0.3 is 0 Å². The van der Waals surface area contributed by atoms with Crippen LogP contribution in [0.2, 0.25) is 0 Å². The van der Waals surface area contributed by atoms with E-state index in [4.69, 9.17) is 14.3 Å². The number of imide groups is 1. The van der Waals surface area contributed by atoms with Gasteiger partial charge in [0.25, 0.3) is 5.91 Å². The van der Waals surface area contributed by atoms with E-state index in [1.54, 1.807) is 12.2 Å². The van der Waals surface area contributed by atoms with Crippen molar-refractivity contribution in [3.63, 3.8) is 0 Å². The number of hydroxylamine groups is 1. The second-order valence-corrected chi connectivity index (χ2v) is 9.59. The summed E-state index contributed by atoms with van der Waals surface area (Å²) in [7, 11) is 1.59. The molecule has 4 aromatic rings. The standard InChI is InChI=1S/C32H28N2O5/c1-37-27-19-24(17-18-26(27)38-21-23-13-7-3-8-14-23)29-28-30(39-34(29)25-15-9-4-10-16-25)32(36)33(31(28)35)20-22-11-5-2-6-12-22/h2-19,28-30H,20-21H2,1H3/t28-,29-,30-/m1/s1. The minimum atomic E-state index is -0.911. The van der Waals surface area contributed by atoms with Crippen molar-refractivity contribution in [2.45, 2.75) is 25.3 Å². The van der Waals surface area contributed by atoms with Crippen LogP contribution in [0.3, 0.4) is 0 Å². The molecule has 0 aliphatic carbocycles. The predicted octanol–water partition coefficient (Wildman–Crippen LogP) is 5.32. The lowest BCUT2D eigenvalue weighted by molar-refractivity contribution is -0.143. The lowest BCUT2D eigenvalue weighted by Crippen LogP contribution is -2.36. The van der Waals surface area contributed by atoms with Crippen molar-refractivity contribution in [1.29, 1.82) is 0 Å². The highest BCUT2D eigenvalue weighted by Crippen LogP contribution is 2.48. The van der Waals surface area contributed by atoms with Gasteiger partial charge in [-0.3, -0.25) is 19.3 Å². The Bertz CT molecular complexity index is 1460. The second kappa shape index (κ2) is 10.6. The Morgan fingerprint density at radius 2 is 1.38 bits per heavy atom. The number of carbonyl (C=O) groups excluding carboxylic acids is 2. The molecule has 0 bridgehead atoms. The quantitative estimate of drug-likeness (QED) is 0.293. The molecule has 0 radical (unpaired) electrons. The summed E-state index contributed by atoms with van der Waals surface area (Å²) in [6.45, 7) is 0.605. The molecule has 0 aromatic heterocycles. The third kappa shape index (κ3) is 4.73. The van der Waals surface area contributed by atoms with Crippen LogP contribution in [0.25, 0.3) is 0 Å². The minimum Gasteiger partial charge on any atom is -0.493 e. The fourth-order valence-electron chi connectivity index (χ4n) is 5.25. The lowest BCUT2D eigenvalue weighted by Gasteiger charge is -2.29. The summed E-state index contributed by atoms with van der Waals surface area (Å²) < 4.78 is 11.7. The molecule has 2 amide bonds. The van der Waals surface area contributed by atoms with E-state index in [9.17, 15) is 9.59 Å². The summed E-state index contributed by atoms with van der Waals surface area (Å²) in [5, 5.41) is 1.68. The van der Waals surface area contributed by atoms with Crippen molar-refractivity contribution in [2.24, 2.45) is 5.92 Å². The van der Waals surface area contributed by atoms with E-state index in [1.165, 1.54) is 4.90 Å². The van der Waals surface area contributed by atoms with Crippen LogP contribution in [0.4, 0.5) is 5.69 Å². The summed E-state index contributed by atoms with van der Waals surface area (Å²) in [5.41, 5.74) is 3.48. The van der Waals surface area contributed by atoms with Crippen LogP contribution in [0.15, 0.2) is 109 Å². The number of hydrogen-bond donors (Lipinski definition) is 0. The Morgan fingerprint density at radius 3 is 2.05 bits per heavy atom. The summed E-state index contributed by atoms with van der Waals surface area (Å²) >= 11 is 0. The molecule has 3 atom stereocenters. The molecule has 2 aliphatic heterocycles. The van der Waals surface area contributed by atoms with E-state index < -0.39 is 18.1 Å². The molecule has 6 rings (SSSR count). The fourth-order valence-corrected chi connectivity index (χ4v) is 5.25. The zero-order chi connectivity index (χ0) is 26.8. The van der Waals surface area contributed by atoms with Crippen molar-refractivity contribution in [1.82, 2.24) is 4.90 Å². The van der Waals surface area contributed by atoms with Crippen LogP contribution in [-0.2, 0) is 27.6 Å². The first kappa shape index (κ1) is 24.7. The molecule has 2 heterocycles. The predicted molar refractivity (Wildman–Crippen MR) is 146 cm³/mol. The van der Waals surface area contributed by atoms with Crippen LogP contribution in [-0.4, -0.2) is 29.9 Å². The van der Waals surface area contributed by atoms with Crippen LogP contribution in [0, 0.1) is 5.92 Å². The van der Waals surface area contributed by atoms with Gasteiger partial charge in [0.15, 0.2) is 17.6 Å². The van der Waals surface area contributed by atoms with Crippen LogP contribution in [0.5, 0.6) is 11.5 Å². The fraction of sp³-hybridized carbons (Fsp3) is 0.188. The van der Waals surface area contributed by atoms with Crippen LogP contribution in [0.1, 0.15) is 22.7 Å². The number of methoxy groups -OCH3 is 1. The summed E-state index contributed by atoms with van der Waals surface area (Å²) in [5.74, 6) is -0.154. The molecule has 0 saturated carbocycles. The molecular formula is C32H28N2O5. The molecule has 0 unspecified atom stereocenters. The number of rotatable bonds is 8. The van der Waals surface area contributed by atoms with Crippen molar-refractivity contribution in [2.75, 3.05) is 12.2 Å². The van der Waals surface area contributed by atoms with Crippen molar-refractivity contribution < 1.29 is 23.9 Å². The molecule has 7 nitrogen and oxygen atoms in total. The first-order valence-corrected chi connectivity index (χ1v) is 12.9. The number of nitrogens with zero attached hydrogens (tertiary/aromatic N) is 2. The normalized spacial score (nSPS) is 20.3. The Hall–Kier alpha value is -4.62. The highest BCUT2D eigenvalue weighted by molar-refractivity contribution is 6.07. The van der Waals surface area contributed by atoms with E-state index in [2.05, 4.69) is 0 Å². The van der Waals surface area contributed by atoms with Crippen LogP contribution >= 0.6 is 0 Å². The Labute approximate surface area is 227 Å². The van der Waals surface area contributed by atoms with Crippen molar-refractivity contribution in [3.8, 4) is 11.5 Å². The van der Waals surface area contributed by atoms with E-state index in [0.717, 1.165) is 22.4 Å². The van der Waals surface area contributed by atoms with Gasteiger partial charge in [-0.1, -0.05) is 84.9 Å². The number of benzene rings is 4. The molecular weight excluding hydrogens is 492 g/mol. The average molecular weight is 521 g/mol. The number of amides is 2. The number of anilines is 1. The smallest absolute Gasteiger partial charge is 0.262 e. The highest BCUT2D eigenvalue weighted by Gasteiger charge is 2.59. The van der Waals surface area contributed by atoms with Gasteiger partial charge < -0.3 is 9.47 Å². The molecule has 2 saturated heterocycles. The van der Waals surface area contributed by atoms with Gasteiger partial charge in [-0.25, -0.2) is 5.06 Å². The summed E-state index contributed by atoms with van der Waals surface area (Å²) in [6, 6.07) is 34.0. The highest BCUT2D eigenvalue weighted by atomic mass is 16.7. The number of para-hydroxylation sites is 1. The molecule has 2 fully saturated rings.